The number of hydrogen-bond acceptors (Lipinski definition) is 4. The van der Waals surface area contributed by atoms with Gasteiger partial charge in [-0.15, -0.1) is 0 Å². The van der Waals surface area contributed by atoms with E-state index in [9.17, 15) is 12.8 Å². The van der Waals surface area contributed by atoms with E-state index in [-0.39, 0.29) is 10.7 Å². The van der Waals surface area contributed by atoms with Crippen LogP contribution in [0.3, 0.4) is 0 Å². The summed E-state index contributed by atoms with van der Waals surface area (Å²) in [5, 5.41) is 4.02. The largest absolute Gasteiger partial charge is 0.356 e. The van der Waals surface area contributed by atoms with Crippen LogP contribution in [0.4, 0.5) is 10.1 Å². The molecule has 0 spiro atoms. The molecule has 146 valence electrons. The molecule has 0 saturated carbocycles. The normalized spacial score (nSPS) is 11.4. The van der Waals surface area contributed by atoms with Gasteiger partial charge in [-0.05, 0) is 43.3 Å². The van der Waals surface area contributed by atoms with Gasteiger partial charge >= 0.3 is 0 Å². The molecule has 0 radical (unpaired) electrons. The first-order valence-electron chi connectivity index (χ1n) is 8.83. The van der Waals surface area contributed by atoms with Crippen LogP contribution in [0, 0.1) is 12.7 Å². The predicted octanol–water partition coefficient (Wildman–Crippen LogP) is 5.26. The first-order chi connectivity index (χ1) is 13.9. The minimum absolute atomic E-state index is 0.198. The summed E-state index contributed by atoms with van der Waals surface area (Å²) in [5.41, 5.74) is 3.32. The van der Waals surface area contributed by atoms with E-state index in [1.54, 1.807) is 66.7 Å². The van der Waals surface area contributed by atoms with Gasteiger partial charge in [0.1, 0.15) is 11.5 Å². The zero-order valence-electron chi connectivity index (χ0n) is 15.5. The average molecular weight is 408 g/mol. The fourth-order valence-electron chi connectivity index (χ4n) is 2.83. The van der Waals surface area contributed by atoms with E-state index in [1.807, 2.05) is 6.92 Å². The topological polar surface area (TPSA) is 72.2 Å². The molecule has 0 atom stereocenters. The van der Waals surface area contributed by atoms with Gasteiger partial charge in [-0.2, -0.15) is 0 Å². The van der Waals surface area contributed by atoms with Crippen molar-refractivity contribution in [1.82, 2.24) is 5.16 Å². The molecule has 0 aliphatic carbocycles. The molecule has 0 saturated heterocycles. The number of sulfonamides is 1. The summed E-state index contributed by atoms with van der Waals surface area (Å²) in [6.07, 6.45) is 0. The van der Waals surface area contributed by atoms with E-state index in [4.69, 9.17) is 4.52 Å². The number of aryl methyl sites for hydroxylation is 1. The smallest absolute Gasteiger partial charge is 0.261 e. The number of nitrogens with zero attached hydrogens (tertiary/aromatic N) is 1. The lowest BCUT2D eigenvalue weighted by Gasteiger charge is -2.08. The molecule has 5 nitrogen and oxygen atoms in total. The molecular weight excluding hydrogens is 391 g/mol. The lowest BCUT2D eigenvalue weighted by atomic mass is 10.1. The van der Waals surface area contributed by atoms with Crippen molar-refractivity contribution in [2.24, 2.45) is 0 Å². The molecule has 1 N–H and O–H groups in total. The van der Waals surface area contributed by atoms with Crippen LogP contribution in [0.15, 0.2) is 88.3 Å². The molecular formula is C22H17FN2O3S. The quantitative estimate of drug-likeness (QED) is 0.489. The minimum Gasteiger partial charge on any atom is -0.356 e. The molecule has 3 aromatic carbocycles. The maximum absolute atomic E-state index is 13.4. The number of benzene rings is 3. The van der Waals surface area contributed by atoms with Crippen molar-refractivity contribution < 1.29 is 17.3 Å². The highest BCUT2D eigenvalue weighted by atomic mass is 32.2. The Morgan fingerprint density at radius 2 is 1.62 bits per heavy atom. The lowest BCUT2D eigenvalue weighted by molar-refractivity contribution is 0.434. The maximum Gasteiger partial charge on any atom is 0.261 e. The summed E-state index contributed by atoms with van der Waals surface area (Å²) in [7, 11) is -3.66. The van der Waals surface area contributed by atoms with Gasteiger partial charge in [0.25, 0.3) is 10.0 Å². The number of halogens is 1. The highest BCUT2D eigenvalue weighted by Crippen LogP contribution is 2.27. The standard InChI is InChI=1S/C22H17FN2O3S/c1-15-5-11-20(12-6-15)29(26,27)25-19-9-7-16(8-10-19)21-14-22(28-24-21)17-3-2-4-18(23)13-17/h2-14,25H,1H3. The van der Waals surface area contributed by atoms with Crippen molar-refractivity contribution in [3.63, 3.8) is 0 Å². The second-order valence-corrected chi connectivity index (χ2v) is 8.27. The van der Waals surface area contributed by atoms with E-state index in [0.29, 0.717) is 22.7 Å². The summed E-state index contributed by atoms with van der Waals surface area (Å²) >= 11 is 0. The second-order valence-electron chi connectivity index (χ2n) is 6.58. The van der Waals surface area contributed by atoms with Gasteiger partial charge in [-0.3, -0.25) is 4.72 Å². The van der Waals surface area contributed by atoms with Crippen molar-refractivity contribution in [1.29, 1.82) is 0 Å². The average Bonchev–Trinajstić information content (AvgIpc) is 3.19. The van der Waals surface area contributed by atoms with E-state index in [2.05, 4.69) is 9.88 Å². The third-order valence-corrected chi connectivity index (χ3v) is 5.78. The Balaban J connectivity index is 1.53. The van der Waals surface area contributed by atoms with Crippen LogP contribution in [0.1, 0.15) is 5.56 Å². The van der Waals surface area contributed by atoms with Crippen molar-refractivity contribution in [3.8, 4) is 22.6 Å². The Morgan fingerprint density at radius 1 is 0.897 bits per heavy atom. The first-order valence-corrected chi connectivity index (χ1v) is 10.3. The number of rotatable bonds is 5. The van der Waals surface area contributed by atoms with Crippen LogP contribution in [0.25, 0.3) is 22.6 Å². The molecule has 1 aromatic heterocycles. The molecule has 0 aliphatic heterocycles. The molecule has 7 heteroatoms. The zero-order valence-corrected chi connectivity index (χ0v) is 16.3. The SMILES string of the molecule is Cc1ccc(S(=O)(=O)Nc2ccc(-c3cc(-c4cccc(F)c4)on3)cc2)cc1. The molecule has 0 bridgehead atoms. The Labute approximate surface area is 167 Å². The Bertz CT molecular complexity index is 1250. The van der Waals surface area contributed by atoms with Gasteiger partial charge in [-0.25, -0.2) is 12.8 Å². The highest BCUT2D eigenvalue weighted by molar-refractivity contribution is 7.92. The van der Waals surface area contributed by atoms with Crippen molar-refractivity contribution in [2.45, 2.75) is 11.8 Å². The van der Waals surface area contributed by atoms with Gasteiger partial charge < -0.3 is 4.52 Å². The van der Waals surface area contributed by atoms with Gasteiger partial charge in [0.2, 0.25) is 0 Å². The van der Waals surface area contributed by atoms with Crippen LogP contribution in [0.2, 0.25) is 0 Å². The molecule has 29 heavy (non-hydrogen) atoms. The van der Waals surface area contributed by atoms with Crippen LogP contribution in [-0.4, -0.2) is 13.6 Å². The van der Waals surface area contributed by atoms with Gasteiger partial charge in [0.15, 0.2) is 5.76 Å². The molecule has 0 unspecified atom stereocenters. The summed E-state index contributed by atoms with van der Waals surface area (Å²) in [6.45, 7) is 1.89. The minimum atomic E-state index is -3.66. The molecule has 4 rings (SSSR count). The van der Waals surface area contributed by atoms with E-state index in [1.165, 1.54) is 12.1 Å². The summed E-state index contributed by atoms with van der Waals surface area (Å²) in [4.78, 5) is 0.198. The lowest BCUT2D eigenvalue weighted by Crippen LogP contribution is -2.12. The Morgan fingerprint density at radius 3 is 2.31 bits per heavy atom. The first kappa shape index (κ1) is 18.9. The van der Waals surface area contributed by atoms with E-state index < -0.39 is 10.0 Å². The van der Waals surface area contributed by atoms with Crippen LogP contribution in [-0.2, 0) is 10.0 Å². The van der Waals surface area contributed by atoms with E-state index in [0.717, 1.165) is 11.1 Å². The molecule has 0 aliphatic rings. The van der Waals surface area contributed by atoms with Crippen LogP contribution in [0.5, 0.6) is 0 Å². The highest BCUT2D eigenvalue weighted by Gasteiger charge is 2.14. The Hall–Kier alpha value is -3.45. The molecule has 0 amide bonds. The van der Waals surface area contributed by atoms with Crippen molar-refractivity contribution in [2.75, 3.05) is 4.72 Å². The summed E-state index contributed by atoms with van der Waals surface area (Å²) < 4.78 is 46.2. The summed E-state index contributed by atoms with van der Waals surface area (Å²) in [5.74, 6) is 0.0920. The monoisotopic (exact) mass is 408 g/mol. The third kappa shape index (κ3) is 4.20. The predicted molar refractivity (Wildman–Crippen MR) is 109 cm³/mol. The van der Waals surface area contributed by atoms with E-state index >= 15 is 0 Å². The fraction of sp³-hybridized carbons (Fsp3) is 0.0455. The van der Waals surface area contributed by atoms with Gasteiger partial charge in [0.05, 0.1) is 4.90 Å². The number of aromatic nitrogens is 1. The van der Waals surface area contributed by atoms with Crippen LogP contribution >= 0.6 is 0 Å². The number of nitrogens with one attached hydrogen (secondary N) is 1. The zero-order chi connectivity index (χ0) is 20.4. The fourth-order valence-corrected chi connectivity index (χ4v) is 3.89. The number of hydrogen-bond donors (Lipinski definition) is 1. The molecule has 1 heterocycles. The van der Waals surface area contributed by atoms with Crippen LogP contribution < -0.4 is 4.72 Å². The maximum atomic E-state index is 13.4. The molecule has 0 fully saturated rings. The van der Waals surface area contributed by atoms with Crippen molar-refractivity contribution >= 4 is 15.7 Å². The summed E-state index contributed by atoms with van der Waals surface area (Å²) in [6, 6.07) is 21.2. The second kappa shape index (κ2) is 7.52. The molecule has 4 aromatic rings. The third-order valence-electron chi connectivity index (χ3n) is 4.38. The van der Waals surface area contributed by atoms with Crippen molar-refractivity contribution in [3.05, 3.63) is 90.2 Å². The van der Waals surface area contributed by atoms with Gasteiger partial charge in [-0.1, -0.05) is 47.1 Å². The van der Waals surface area contributed by atoms with Gasteiger partial charge in [0, 0.05) is 22.9 Å². The number of anilines is 1. The Kier molecular flexibility index (Phi) is 4.90.